The van der Waals surface area contributed by atoms with E-state index < -0.39 is 11.6 Å². The number of nitrogens with zero attached hydrogens (tertiary/aromatic N) is 3. The normalized spacial score (nSPS) is 25.8. The molecule has 7 nitrogen and oxygen atoms in total. The number of halogens is 1. The molecule has 0 unspecified atom stereocenters. The van der Waals surface area contributed by atoms with Gasteiger partial charge in [-0.25, -0.2) is 9.18 Å². The molecule has 1 N–H and O–H groups in total. The Hall–Kier alpha value is -2.64. The summed E-state index contributed by atoms with van der Waals surface area (Å²) >= 11 is 0. The number of imide groups is 1. The zero-order valence-electron chi connectivity index (χ0n) is 15.3. The molecule has 3 fully saturated rings. The van der Waals surface area contributed by atoms with Crippen LogP contribution < -0.4 is 10.2 Å². The monoisotopic (exact) mass is 374 g/mol. The van der Waals surface area contributed by atoms with Crippen molar-refractivity contribution in [3.05, 3.63) is 30.1 Å². The van der Waals surface area contributed by atoms with E-state index in [9.17, 15) is 18.8 Å². The second-order valence-electron chi connectivity index (χ2n) is 7.64. The Balaban J connectivity index is 1.34. The Morgan fingerprint density at radius 2 is 1.78 bits per heavy atom. The van der Waals surface area contributed by atoms with Crippen molar-refractivity contribution in [3.8, 4) is 0 Å². The summed E-state index contributed by atoms with van der Waals surface area (Å²) < 4.78 is 13.1. The Kier molecular flexibility index (Phi) is 4.28. The van der Waals surface area contributed by atoms with Crippen molar-refractivity contribution >= 4 is 23.5 Å². The van der Waals surface area contributed by atoms with Crippen LogP contribution in [0.2, 0.25) is 0 Å². The van der Waals surface area contributed by atoms with Crippen molar-refractivity contribution in [3.63, 3.8) is 0 Å². The number of anilines is 1. The topological polar surface area (TPSA) is 73.0 Å². The average Bonchev–Trinajstić information content (AvgIpc) is 3.48. The Morgan fingerprint density at radius 3 is 2.37 bits per heavy atom. The molecule has 0 bridgehead atoms. The van der Waals surface area contributed by atoms with Gasteiger partial charge in [0.25, 0.3) is 5.91 Å². The van der Waals surface area contributed by atoms with Crippen LogP contribution >= 0.6 is 0 Å². The molecule has 1 aliphatic carbocycles. The molecule has 2 saturated heterocycles. The summed E-state index contributed by atoms with van der Waals surface area (Å²) in [5.74, 6) is -0.627. The van der Waals surface area contributed by atoms with Crippen LogP contribution in [-0.2, 0) is 9.59 Å². The highest BCUT2D eigenvalue weighted by Gasteiger charge is 2.56. The van der Waals surface area contributed by atoms with Gasteiger partial charge in [0.05, 0.1) is 0 Å². The van der Waals surface area contributed by atoms with E-state index in [0.29, 0.717) is 26.2 Å². The van der Waals surface area contributed by atoms with Crippen LogP contribution in [0.3, 0.4) is 0 Å². The summed E-state index contributed by atoms with van der Waals surface area (Å²) in [4.78, 5) is 42.3. The number of hydrogen-bond donors (Lipinski definition) is 1. The van der Waals surface area contributed by atoms with Crippen LogP contribution in [0.15, 0.2) is 24.3 Å². The minimum atomic E-state index is -0.862. The number of hydrogen-bond acceptors (Lipinski definition) is 4. The van der Waals surface area contributed by atoms with E-state index in [2.05, 4.69) is 10.2 Å². The molecular weight excluding hydrogens is 351 g/mol. The van der Waals surface area contributed by atoms with Gasteiger partial charge < -0.3 is 15.1 Å². The van der Waals surface area contributed by atoms with Gasteiger partial charge in [0.2, 0.25) is 5.91 Å². The summed E-state index contributed by atoms with van der Waals surface area (Å²) in [5.41, 5.74) is 0.0522. The van der Waals surface area contributed by atoms with E-state index in [0.717, 1.165) is 23.4 Å². The molecule has 4 rings (SSSR count). The van der Waals surface area contributed by atoms with Crippen LogP contribution in [0.4, 0.5) is 14.9 Å². The Labute approximate surface area is 157 Å². The first-order chi connectivity index (χ1) is 12.9. The van der Waals surface area contributed by atoms with Gasteiger partial charge >= 0.3 is 6.03 Å². The van der Waals surface area contributed by atoms with Crippen molar-refractivity contribution in [2.75, 3.05) is 37.6 Å². The predicted octanol–water partition coefficient (Wildman–Crippen LogP) is 1.19. The number of rotatable bonds is 4. The average molecular weight is 374 g/mol. The molecule has 2 heterocycles. The van der Waals surface area contributed by atoms with Crippen molar-refractivity contribution < 1.29 is 18.8 Å². The van der Waals surface area contributed by atoms with Gasteiger partial charge in [0.15, 0.2) is 0 Å². The van der Waals surface area contributed by atoms with E-state index in [4.69, 9.17) is 0 Å². The van der Waals surface area contributed by atoms with Crippen molar-refractivity contribution in [1.82, 2.24) is 15.1 Å². The Bertz CT molecular complexity index is 772. The largest absolute Gasteiger partial charge is 0.368 e. The summed E-state index contributed by atoms with van der Waals surface area (Å²) in [5, 5.41) is 2.76. The van der Waals surface area contributed by atoms with Gasteiger partial charge in [-0.1, -0.05) is 0 Å². The predicted molar refractivity (Wildman–Crippen MR) is 96.6 cm³/mol. The van der Waals surface area contributed by atoms with E-state index in [1.54, 1.807) is 24.0 Å². The third-order valence-corrected chi connectivity index (χ3v) is 5.81. The van der Waals surface area contributed by atoms with Gasteiger partial charge in [-0.3, -0.25) is 14.5 Å². The lowest BCUT2D eigenvalue weighted by atomic mass is 9.96. The smallest absolute Gasteiger partial charge is 0.325 e. The van der Waals surface area contributed by atoms with Gasteiger partial charge in [-0.05, 0) is 49.9 Å². The van der Waals surface area contributed by atoms with Crippen molar-refractivity contribution in [1.29, 1.82) is 0 Å². The molecule has 2 aliphatic heterocycles. The van der Waals surface area contributed by atoms with Gasteiger partial charge in [0, 0.05) is 31.9 Å². The maximum Gasteiger partial charge on any atom is 0.325 e. The summed E-state index contributed by atoms with van der Waals surface area (Å²) in [7, 11) is 0. The fraction of sp³-hybridized carbons (Fsp3) is 0.526. The first kappa shape index (κ1) is 17.8. The van der Waals surface area contributed by atoms with Crippen LogP contribution in [0, 0.1) is 11.7 Å². The molecule has 0 radical (unpaired) electrons. The standard InChI is InChI=1S/C19H23FN4O3/c1-19(13-2-3-13)17(26)24(18(27)21-19)12-16(25)23-10-8-22(9-11-23)15-6-4-14(20)5-7-15/h4-7,13H,2-3,8-12H2,1H3,(H,21,27)/t19-/m1/s1. The van der Waals surface area contributed by atoms with Crippen molar-refractivity contribution in [2.45, 2.75) is 25.3 Å². The maximum absolute atomic E-state index is 13.1. The van der Waals surface area contributed by atoms with E-state index in [1.807, 2.05) is 0 Å². The highest BCUT2D eigenvalue weighted by molar-refractivity contribution is 6.09. The molecular formula is C19H23FN4O3. The number of benzene rings is 1. The summed E-state index contributed by atoms with van der Waals surface area (Å²) in [6.45, 7) is 3.77. The molecule has 0 aromatic heterocycles. The minimum absolute atomic E-state index is 0.174. The fourth-order valence-electron chi connectivity index (χ4n) is 3.90. The van der Waals surface area contributed by atoms with Crippen LogP contribution in [0.5, 0.6) is 0 Å². The lowest BCUT2D eigenvalue weighted by Crippen LogP contribution is -2.52. The number of piperazine rings is 1. The third-order valence-electron chi connectivity index (χ3n) is 5.81. The van der Waals surface area contributed by atoms with Gasteiger partial charge in [-0.2, -0.15) is 0 Å². The Morgan fingerprint density at radius 1 is 1.15 bits per heavy atom. The molecule has 1 atom stereocenters. The van der Waals surface area contributed by atoms with E-state index >= 15 is 0 Å². The van der Waals surface area contributed by atoms with Crippen LogP contribution in [0.1, 0.15) is 19.8 Å². The van der Waals surface area contributed by atoms with Crippen LogP contribution in [0.25, 0.3) is 0 Å². The molecule has 1 aromatic rings. The summed E-state index contributed by atoms with van der Waals surface area (Å²) in [6, 6.07) is 5.80. The molecule has 1 saturated carbocycles. The van der Waals surface area contributed by atoms with Crippen molar-refractivity contribution in [2.24, 2.45) is 5.92 Å². The lowest BCUT2D eigenvalue weighted by molar-refractivity contribution is -0.139. The maximum atomic E-state index is 13.1. The molecule has 8 heteroatoms. The number of carbonyl (C=O) groups is 3. The van der Waals surface area contributed by atoms with Gasteiger partial charge in [0.1, 0.15) is 17.9 Å². The van der Waals surface area contributed by atoms with E-state index in [1.165, 1.54) is 12.1 Å². The molecule has 27 heavy (non-hydrogen) atoms. The summed E-state index contributed by atoms with van der Waals surface area (Å²) in [6.07, 6.45) is 1.85. The fourth-order valence-corrected chi connectivity index (χ4v) is 3.90. The first-order valence-electron chi connectivity index (χ1n) is 9.31. The van der Waals surface area contributed by atoms with E-state index in [-0.39, 0.29) is 30.1 Å². The third kappa shape index (κ3) is 3.24. The first-order valence-corrected chi connectivity index (χ1v) is 9.31. The minimum Gasteiger partial charge on any atom is -0.368 e. The van der Waals surface area contributed by atoms with Gasteiger partial charge in [-0.15, -0.1) is 0 Å². The number of carbonyl (C=O) groups excluding carboxylic acids is 3. The quantitative estimate of drug-likeness (QED) is 0.804. The number of nitrogens with one attached hydrogen (secondary N) is 1. The molecule has 4 amide bonds. The highest BCUT2D eigenvalue weighted by atomic mass is 19.1. The molecule has 3 aliphatic rings. The zero-order chi connectivity index (χ0) is 19.2. The molecule has 144 valence electrons. The highest BCUT2D eigenvalue weighted by Crippen LogP contribution is 2.42. The van der Waals surface area contributed by atoms with Crippen LogP contribution in [-0.4, -0.2) is 65.9 Å². The SMILES string of the molecule is C[C@]1(C2CC2)NC(=O)N(CC(=O)N2CCN(c3ccc(F)cc3)CC2)C1=O. The second-order valence-corrected chi connectivity index (χ2v) is 7.64. The lowest BCUT2D eigenvalue weighted by Gasteiger charge is -2.36. The zero-order valence-corrected chi connectivity index (χ0v) is 15.3. The number of urea groups is 1. The molecule has 0 spiro atoms. The molecule has 1 aromatic carbocycles. The number of amides is 4. The second kappa shape index (κ2) is 6.51.